The Morgan fingerprint density at radius 3 is 2.38 bits per heavy atom. The largest absolute Gasteiger partial charge is 0.393 e. The third-order valence-corrected chi connectivity index (χ3v) is 1.32. The number of hydrogen-bond acceptors (Lipinski definition) is 5. The second kappa shape index (κ2) is 5.85. The van der Waals surface area contributed by atoms with Gasteiger partial charge in [0.05, 0.1) is 18.1 Å². The molecule has 0 aromatic rings. The molecular formula is C7H15NO5. The molecule has 6 nitrogen and oxygen atoms in total. The van der Waals surface area contributed by atoms with Gasteiger partial charge in [-0.25, -0.2) is 0 Å². The van der Waals surface area contributed by atoms with Crippen molar-refractivity contribution in [3.8, 4) is 0 Å². The van der Waals surface area contributed by atoms with Crippen LogP contribution in [0.25, 0.3) is 0 Å². The number of hydrogen-bond donors (Lipinski definition) is 2. The van der Waals surface area contributed by atoms with Crippen molar-refractivity contribution in [2.24, 2.45) is 5.92 Å². The number of aliphatic hydroxyl groups excluding tert-OH is 2. The predicted octanol–water partition coefficient (Wildman–Crippen LogP) is -0.385. The highest BCUT2D eigenvalue weighted by Crippen LogP contribution is 2.03. The number of rotatable bonds is 6. The van der Waals surface area contributed by atoms with Gasteiger partial charge in [0.2, 0.25) is 0 Å². The zero-order valence-corrected chi connectivity index (χ0v) is 7.71. The van der Waals surface area contributed by atoms with Crippen LogP contribution < -0.4 is 0 Å². The quantitative estimate of drug-likeness (QED) is 0.340. The van der Waals surface area contributed by atoms with E-state index >= 15 is 0 Å². The summed E-state index contributed by atoms with van der Waals surface area (Å²) in [5, 5.41) is 27.8. The molecule has 13 heavy (non-hydrogen) atoms. The highest BCUT2D eigenvalue weighted by atomic mass is 16.7. The minimum atomic E-state index is -1.53. The fraction of sp³-hybridized carbons (Fsp3) is 1.00. The summed E-state index contributed by atoms with van der Waals surface area (Å²) in [5.41, 5.74) is 0. The number of aliphatic hydroxyl groups is 2. The highest BCUT2D eigenvalue weighted by Gasteiger charge is 2.30. The van der Waals surface area contributed by atoms with Gasteiger partial charge in [0.25, 0.3) is 0 Å². The smallest absolute Gasteiger partial charge is 0.343 e. The molecule has 0 aliphatic rings. The maximum absolute atomic E-state index is 10.3. The molecule has 0 amide bonds. The van der Waals surface area contributed by atoms with Gasteiger partial charge in [-0.15, -0.1) is 0 Å². The fourth-order valence-corrected chi connectivity index (χ4v) is 0.694. The number of nitro groups is 1. The Labute approximate surface area is 76.3 Å². The van der Waals surface area contributed by atoms with Crippen LogP contribution in [0.15, 0.2) is 0 Å². The molecule has 2 atom stereocenters. The van der Waals surface area contributed by atoms with Crippen LogP contribution in [0.1, 0.15) is 13.8 Å². The molecule has 0 radical (unpaired) electrons. The van der Waals surface area contributed by atoms with E-state index < -0.39 is 23.9 Å². The molecule has 0 saturated heterocycles. The topological polar surface area (TPSA) is 92.8 Å². The summed E-state index contributed by atoms with van der Waals surface area (Å²) >= 11 is 0. The summed E-state index contributed by atoms with van der Waals surface area (Å²) in [6, 6.07) is 0. The summed E-state index contributed by atoms with van der Waals surface area (Å²) in [5.74, 6) is 0.147. The molecule has 0 aliphatic carbocycles. The first-order chi connectivity index (χ1) is 5.99. The van der Waals surface area contributed by atoms with E-state index in [-0.39, 0.29) is 12.5 Å². The third kappa shape index (κ3) is 4.76. The molecule has 2 N–H and O–H groups in total. The van der Waals surface area contributed by atoms with Crippen molar-refractivity contribution in [2.45, 2.75) is 26.2 Å². The average Bonchev–Trinajstić information content (AvgIpc) is 2.03. The lowest BCUT2D eigenvalue weighted by Crippen LogP contribution is -2.39. The van der Waals surface area contributed by atoms with Gasteiger partial charge >= 0.3 is 6.23 Å². The summed E-state index contributed by atoms with van der Waals surface area (Å²) in [6.07, 6.45) is -3.00. The predicted molar refractivity (Wildman–Crippen MR) is 44.7 cm³/mol. The fourth-order valence-electron chi connectivity index (χ4n) is 0.694. The molecular weight excluding hydrogens is 178 g/mol. The zero-order chi connectivity index (χ0) is 10.4. The van der Waals surface area contributed by atoms with Crippen LogP contribution in [0.3, 0.4) is 0 Å². The van der Waals surface area contributed by atoms with Gasteiger partial charge in [-0.3, -0.25) is 10.1 Å². The molecule has 78 valence electrons. The van der Waals surface area contributed by atoms with E-state index in [9.17, 15) is 10.1 Å². The minimum absolute atomic E-state index is 0.147. The monoisotopic (exact) mass is 193 g/mol. The van der Waals surface area contributed by atoms with Gasteiger partial charge in [0.15, 0.2) is 6.10 Å². The summed E-state index contributed by atoms with van der Waals surface area (Å²) < 4.78 is 4.81. The molecule has 0 fully saturated rings. The van der Waals surface area contributed by atoms with Crippen LogP contribution in [-0.2, 0) is 4.74 Å². The van der Waals surface area contributed by atoms with Crippen molar-refractivity contribution in [1.82, 2.24) is 0 Å². The summed E-state index contributed by atoms with van der Waals surface area (Å²) in [7, 11) is 0. The Morgan fingerprint density at radius 2 is 2.08 bits per heavy atom. The number of nitrogens with zero attached hydrogens (tertiary/aromatic N) is 1. The second-order valence-electron chi connectivity index (χ2n) is 3.15. The molecule has 0 spiro atoms. The van der Waals surface area contributed by atoms with Gasteiger partial charge < -0.3 is 14.9 Å². The first-order valence-electron chi connectivity index (χ1n) is 4.03. The third-order valence-electron chi connectivity index (χ3n) is 1.32. The van der Waals surface area contributed by atoms with Gasteiger partial charge in [-0.1, -0.05) is 13.8 Å². The average molecular weight is 193 g/mol. The lowest BCUT2D eigenvalue weighted by atomic mass is 10.2. The van der Waals surface area contributed by atoms with Gasteiger partial charge in [0.1, 0.15) is 0 Å². The molecule has 0 rings (SSSR count). The van der Waals surface area contributed by atoms with Crippen LogP contribution in [-0.4, -0.2) is 40.7 Å². The zero-order valence-electron chi connectivity index (χ0n) is 7.71. The molecule has 0 aromatic carbocycles. The van der Waals surface area contributed by atoms with Crippen molar-refractivity contribution in [3.63, 3.8) is 0 Å². The lowest BCUT2D eigenvalue weighted by molar-refractivity contribution is -0.589. The highest BCUT2D eigenvalue weighted by molar-refractivity contribution is 4.57. The summed E-state index contributed by atoms with van der Waals surface area (Å²) in [6.45, 7) is 3.18. The van der Waals surface area contributed by atoms with Crippen LogP contribution in [0, 0.1) is 16.0 Å². The Bertz CT molecular complexity index is 161. The van der Waals surface area contributed by atoms with Crippen LogP contribution in [0.5, 0.6) is 0 Å². The Hall–Kier alpha value is -0.720. The lowest BCUT2D eigenvalue weighted by Gasteiger charge is -2.15. The molecule has 0 bridgehead atoms. The Balaban J connectivity index is 4.02. The Kier molecular flexibility index (Phi) is 5.52. The van der Waals surface area contributed by atoms with E-state index in [2.05, 4.69) is 0 Å². The SMILES string of the molecule is CC(C)COC(C(O)CO)[N+](=O)[O-]. The van der Waals surface area contributed by atoms with E-state index in [1.54, 1.807) is 0 Å². The van der Waals surface area contributed by atoms with Gasteiger partial charge in [-0.2, -0.15) is 0 Å². The molecule has 0 aliphatic heterocycles. The maximum Gasteiger partial charge on any atom is 0.343 e. The van der Waals surface area contributed by atoms with Gasteiger partial charge in [-0.05, 0) is 5.92 Å². The van der Waals surface area contributed by atoms with E-state index in [0.717, 1.165) is 0 Å². The standard InChI is InChI=1S/C7H15NO5/c1-5(2)4-13-7(8(11)12)6(10)3-9/h5-7,9-10H,3-4H2,1-2H3. The maximum atomic E-state index is 10.3. The Morgan fingerprint density at radius 1 is 1.54 bits per heavy atom. The second-order valence-corrected chi connectivity index (χ2v) is 3.15. The normalized spacial score (nSPS) is 15.8. The van der Waals surface area contributed by atoms with Crippen LogP contribution >= 0.6 is 0 Å². The first-order valence-corrected chi connectivity index (χ1v) is 4.03. The molecule has 0 aromatic heterocycles. The van der Waals surface area contributed by atoms with Gasteiger partial charge in [0, 0.05) is 0 Å². The van der Waals surface area contributed by atoms with Crippen molar-refractivity contribution in [1.29, 1.82) is 0 Å². The van der Waals surface area contributed by atoms with Crippen LogP contribution in [0.4, 0.5) is 0 Å². The van der Waals surface area contributed by atoms with E-state index in [1.807, 2.05) is 13.8 Å². The molecule has 6 heteroatoms. The molecule has 2 unspecified atom stereocenters. The number of ether oxygens (including phenoxy) is 1. The van der Waals surface area contributed by atoms with Crippen molar-refractivity contribution in [2.75, 3.05) is 13.2 Å². The van der Waals surface area contributed by atoms with E-state index in [0.29, 0.717) is 0 Å². The van der Waals surface area contributed by atoms with Crippen molar-refractivity contribution >= 4 is 0 Å². The first kappa shape index (κ1) is 12.3. The summed E-state index contributed by atoms with van der Waals surface area (Å²) in [4.78, 5) is 9.58. The van der Waals surface area contributed by atoms with Crippen molar-refractivity contribution < 1.29 is 19.9 Å². The minimum Gasteiger partial charge on any atom is -0.393 e. The molecule has 0 heterocycles. The molecule has 0 saturated carbocycles. The van der Waals surface area contributed by atoms with Crippen LogP contribution in [0.2, 0.25) is 0 Å². The van der Waals surface area contributed by atoms with E-state index in [1.165, 1.54) is 0 Å². The van der Waals surface area contributed by atoms with E-state index in [4.69, 9.17) is 14.9 Å². The van der Waals surface area contributed by atoms with Crippen molar-refractivity contribution in [3.05, 3.63) is 10.1 Å².